The summed E-state index contributed by atoms with van der Waals surface area (Å²) in [6.45, 7) is 6.74. The first-order valence-electron chi connectivity index (χ1n) is 6.41. The van der Waals surface area contributed by atoms with Gasteiger partial charge in [-0.3, -0.25) is 0 Å². The predicted molar refractivity (Wildman–Crippen MR) is 71.7 cm³/mol. The van der Waals surface area contributed by atoms with Crippen LogP contribution in [0.3, 0.4) is 0 Å². The van der Waals surface area contributed by atoms with E-state index < -0.39 is 0 Å². The maximum Gasteiger partial charge on any atom is 0.125 e. The average molecular weight is 238 g/mol. The molecular formula is C14H23FN2. The van der Waals surface area contributed by atoms with Crippen molar-refractivity contribution in [3.63, 3.8) is 0 Å². The largest absolute Gasteiger partial charge is 0.371 e. The Morgan fingerprint density at radius 2 is 2.12 bits per heavy atom. The van der Waals surface area contributed by atoms with Crippen LogP contribution in [0, 0.1) is 11.7 Å². The van der Waals surface area contributed by atoms with Gasteiger partial charge in [0.05, 0.1) is 0 Å². The molecule has 0 heterocycles. The Kier molecular flexibility index (Phi) is 5.98. The molecule has 0 spiro atoms. The van der Waals surface area contributed by atoms with Crippen LogP contribution in [0.2, 0.25) is 0 Å². The number of halogens is 1. The molecule has 0 saturated heterocycles. The van der Waals surface area contributed by atoms with E-state index in [9.17, 15) is 4.39 Å². The maximum atomic E-state index is 13.2. The Balaban J connectivity index is 2.70. The molecule has 0 aromatic heterocycles. The molecule has 0 aliphatic carbocycles. The summed E-state index contributed by atoms with van der Waals surface area (Å²) < 4.78 is 13.2. The lowest BCUT2D eigenvalue weighted by atomic mass is 10.0. The zero-order valence-corrected chi connectivity index (χ0v) is 10.8. The summed E-state index contributed by atoms with van der Waals surface area (Å²) in [6.07, 6.45) is 2.27. The number of hydrogen-bond acceptors (Lipinski definition) is 2. The number of nitrogens with two attached hydrogens (primary N) is 1. The van der Waals surface area contributed by atoms with Crippen molar-refractivity contribution < 1.29 is 4.39 Å². The monoisotopic (exact) mass is 238 g/mol. The molecule has 1 unspecified atom stereocenters. The SMILES string of the molecule is CCCC(CN)CN(CC)c1cccc(F)c1. The minimum atomic E-state index is -0.180. The quantitative estimate of drug-likeness (QED) is 0.791. The van der Waals surface area contributed by atoms with Crippen molar-refractivity contribution in [1.29, 1.82) is 0 Å². The third kappa shape index (κ3) is 4.35. The van der Waals surface area contributed by atoms with E-state index in [1.54, 1.807) is 12.1 Å². The number of nitrogens with zero attached hydrogens (tertiary/aromatic N) is 1. The normalized spacial score (nSPS) is 12.5. The highest BCUT2D eigenvalue weighted by atomic mass is 19.1. The van der Waals surface area contributed by atoms with Crippen LogP contribution in [0.1, 0.15) is 26.7 Å². The van der Waals surface area contributed by atoms with E-state index in [2.05, 4.69) is 18.7 Å². The highest BCUT2D eigenvalue weighted by Crippen LogP contribution is 2.18. The fraction of sp³-hybridized carbons (Fsp3) is 0.571. The second-order valence-corrected chi connectivity index (χ2v) is 4.41. The van der Waals surface area contributed by atoms with Crippen molar-refractivity contribution in [2.45, 2.75) is 26.7 Å². The van der Waals surface area contributed by atoms with E-state index in [-0.39, 0.29) is 5.82 Å². The minimum absolute atomic E-state index is 0.180. The van der Waals surface area contributed by atoms with Gasteiger partial charge in [-0.25, -0.2) is 4.39 Å². The second-order valence-electron chi connectivity index (χ2n) is 4.41. The summed E-state index contributed by atoms with van der Waals surface area (Å²) in [6, 6.07) is 6.77. The van der Waals surface area contributed by atoms with Crippen LogP contribution in [0.5, 0.6) is 0 Å². The van der Waals surface area contributed by atoms with Crippen LogP contribution in [0.25, 0.3) is 0 Å². The average Bonchev–Trinajstić information content (AvgIpc) is 2.34. The smallest absolute Gasteiger partial charge is 0.125 e. The molecule has 96 valence electrons. The second kappa shape index (κ2) is 7.28. The van der Waals surface area contributed by atoms with Crippen LogP contribution >= 0.6 is 0 Å². The van der Waals surface area contributed by atoms with Crippen molar-refractivity contribution >= 4 is 5.69 Å². The summed E-state index contributed by atoms with van der Waals surface area (Å²) in [5.74, 6) is 0.309. The summed E-state index contributed by atoms with van der Waals surface area (Å²) in [4.78, 5) is 2.19. The van der Waals surface area contributed by atoms with Crippen molar-refractivity contribution in [2.24, 2.45) is 11.7 Å². The molecule has 0 saturated carbocycles. The van der Waals surface area contributed by atoms with E-state index in [1.807, 2.05) is 6.07 Å². The number of rotatable bonds is 7. The van der Waals surface area contributed by atoms with Gasteiger partial charge in [-0.1, -0.05) is 19.4 Å². The first-order valence-corrected chi connectivity index (χ1v) is 6.41. The number of benzene rings is 1. The van der Waals surface area contributed by atoms with Crippen LogP contribution in [0.4, 0.5) is 10.1 Å². The van der Waals surface area contributed by atoms with Crippen molar-refractivity contribution in [3.8, 4) is 0 Å². The molecule has 0 amide bonds. The Labute approximate surface area is 104 Å². The molecule has 0 aliphatic rings. The van der Waals surface area contributed by atoms with E-state index in [0.29, 0.717) is 12.5 Å². The Bertz CT molecular complexity index is 328. The predicted octanol–water partition coefficient (Wildman–Crippen LogP) is 3.03. The third-order valence-electron chi connectivity index (χ3n) is 3.06. The molecule has 3 heteroatoms. The molecule has 1 aromatic rings. The lowest BCUT2D eigenvalue weighted by molar-refractivity contribution is 0.483. The first-order chi connectivity index (χ1) is 8.21. The molecule has 0 bridgehead atoms. The molecule has 2 nitrogen and oxygen atoms in total. The highest BCUT2D eigenvalue weighted by Gasteiger charge is 2.12. The Morgan fingerprint density at radius 3 is 2.65 bits per heavy atom. The Morgan fingerprint density at radius 1 is 1.35 bits per heavy atom. The van der Waals surface area contributed by atoms with Gasteiger partial charge in [0, 0.05) is 18.8 Å². The summed E-state index contributed by atoms with van der Waals surface area (Å²) >= 11 is 0. The fourth-order valence-corrected chi connectivity index (χ4v) is 2.09. The zero-order valence-electron chi connectivity index (χ0n) is 10.8. The lowest BCUT2D eigenvalue weighted by Crippen LogP contribution is -2.32. The van der Waals surface area contributed by atoms with Gasteiger partial charge < -0.3 is 10.6 Å². The summed E-state index contributed by atoms with van der Waals surface area (Å²) in [5.41, 5.74) is 6.72. The van der Waals surface area contributed by atoms with Gasteiger partial charge in [0.1, 0.15) is 5.82 Å². The van der Waals surface area contributed by atoms with E-state index in [4.69, 9.17) is 5.73 Å². The zero-order chi connectivity index (χ0) is 12.7. The van der Waals surface area contributed by atoms with Gasteiger partial charge in [-0.2, -0.15) is 0 Å². The summed E-state index contributed by atoms with van der Waals surface area (Å²) in [5, 5.41) is 0. The topological polar surface area (TPSA) is 29.3 Å². The molecule has 17 heavy (non-hydrogen) atoms. The van der Waals surface area contributed by atoms with Gasteiger partial charge in [0.2, 0.25) is 0 Å². The van der Waals surface area contributed by atoms with Crippen LogP contribution in [-0.2, 0) is 0 Å². The van der Waals surface area contributed by atoms with Gasteiger partial charge in [0.25, 0.3) is 0 Å². The van der Waals surface area contributed by atoms with Gasteiger partial charge in [-0.15, -0.1) is 0 Å². The minimum Gasteiger partial charge on any atom is -0.371 e. The molecule has 0 fully saturated rings. The van der Waals surface area contributed by atoms with Gasteiger partial charge in [-0.05, 0) is 44.0 Å². The third-order valence-corrected chi connectivity index (χ3v) is 3.06. The van der Waals surface area contributed by atoms with Gasteiger partial charge in [0.15, 0.2) is 0 Å². The van der Waals surface area contributed by atoms with Crippen molar-refractivity contribution in [1.82, 2.24) is 0 Å². The molecule has 1 aromatic carbocycles. The Hall–Kier alpha value is -1.09. The van der Waals surface area contributed by atoms with E-state index in [0.717, 1.165) is 31.6 Å². The van der Waals surface area contributed by atoms with Crippen LogP contribution < -0.4 is 10.6 Å². The standard InChI is InChI=1S/C14H23FN2/c1-3-6-12(10-16)11-17(4-2)14-8-5-7-13(15)9-14/h5,7-9,12H,3-4,6,10-11,16H2,1-2H3. The molecule has 1 atom stereocenters. The molecule has 1 rings (SSSR count). The van der Waals surface area contributed by atoms with Crippen LogP contribution in [-0.4, -0.2) is 19.6 Å². The highest BCUT2D eigenvalue weighted by molar-refractivity contribution is 5.46. The van der Waals surface area contributed by atoms with E-state index in [1.165, 1.54) is 6.07 Å². The molecule has 2 N–H and O–H groups in total. The molecular weight excluding hydrogens is 215 g/mol. The molecule has 0 radical (unpaired) electrons. The maximum absolute atomic E-state index is 13.2. The molecule has 0 aliphatic heterocycles. The fourth-order valence-electron chi connectivity index (χ4n) is 2.09. The summed E-state index contributed by atoms with van der Waals surface area (Å²) in [7, 11) is 0. The lowest BCUT2D eigenvalue weighted by Gasteiger charge is -2.27. The number of anilines is 1. The number of hydrogen-bond donors (Lipinski definition) is 1. The van der Waals surface area contributed by atoms with E-state index >= 15 is 0 Å². The van der Waals surface area contributed by atoms with Crippen molar-refractivity contribution in [3.05, 3.63) is 30.1 Å². The first kappa shape index (κ1) is 14.0. The van der Waals surface area contributed by atoms with Crippen molar-refractivity contribution in [2.75, 3.05) is 24.5 Å². The van der Waals surface area contributed by atoms with Crippen LogP contribution in [0.15, 0.2) is 24.3 Å². The van der Waals surface area contributed by atoms with Gasteiger partial charge >= 0.3 is 0 Å².